The number of carbonyl (C=O) groups excluding carboxylic acids is 1. The molecular formula is C10H11NO. The maximum absolute atomic E-state index is 10.7. The molecule has 2 rings (SSSR count). The molecule has 0 saturated carbocycles. The van der Waals surface area contributed by atoms with Crippen LogP contribution in [-0.4, -0.2) is 12.8 Å². The zero-order valence-corrected chi connectivity index (χ0v) is 6.79. The summed E-state index contributed by atoms with van der Waals surface area (Å²) in [6.45, 7) is 0.903. The van der Waals surface area contributed by atoms with E-state index in [0.29, 0.717) is 0 Å². The Labute approximate surface area is 71.6 Å². The predicted octanol–water partition coefficient (Wildman–Crippen LogP) is 1.07. The number of hydrogen-bond donors (Lipinski definition) is 1. The fourth-order valence-electron chi connectivity index (χ4n) is 1.66. The van der Waals surface area contributed by atoms with Crippen LogP contribution in [0.4, 0.5) is 0 Å². The summed E-state index contributed by atoms with van der Waals surface area (Å²) < 4.78 is 0. The van der Waals surface area contributed by atoms with E-state index in [1.807, 2.05) is 18.2 Å². The zero-order chi connectivity index (χ0) is 8.39. The summed E-state index contributed by atoms with van der Waals surface area (Å²) >= 11 is 0. The number of carbonyl (C=O) groups is 1. The molecule has 0 aliphatic carbocycles. The van der Waals surface area contributed by atoms with Crippen LogP contribution in [0.2, 0.25) is 0 Å². The predicted molar refractivity (Wildman–Crippen MR) is 47.0 cm³/mol. The molecule has 1 heterocycles. The molecule has 12 heavy (non-hydrogen) atoms. The SMILES string of the molecule is O=C[C@H]1NCCc2ccccc21. The third-order valence-corrected chi connectivity index (χ3v) is 2.28. The monoisotopic (exact) mass is 161 g/mol. The molecule has 1 aromatic carbocycles. The summed E-state index contributed by atoms with van der Waals surface area (Å²) in [4.78, 5) is 10.7. The highest BCUT2D eigenvalue weighted by atomic mass is 16.1. The van der Waals surface area contributed by atoms with Crippen molar-refractivity contribution in [2.45, 2.75) is 12.5 Å². The van der Waals surface area contributed by atoms with Crippen molar-refractivity contribution in [3.63, 3.8) is 0 Å². The fourth-order valence-corrected chi connectivity index (χ4v) is 1.66. The van der Waals surface area contributed by atoms with Gasteiger partial charge in [0, 0.05) is 6.54 Å². The normalized spacial score (nSPS) is 21.5. The maximum atomic E-state index is 10.7. The van der Waals surface area contributed by atoms with E-state index in [-0.39, 0.29) is 6.04 Å². The summed E-state index contributed by atoms with van der Waals surface area (Å²) in [5, 5.41) is 3.16. The fraction of sp³-hybridized carbons (Fsp3) is 0.300. The average Bonchev–Trinajstić information content (AvgIpc) is 2.17. The Kier molecular flexibility index (Phi) is 1.92. The molecule has 1 aromatic rings. The Bertz CT molecular complexity index is 296. The van der Waals surface area contributed by atoms with Gasteiger partial charge >= 0.3 is 0 Å². The second-order valence-electron chi connectivity index (χ2n) is 3.02. The molecule has 1 N–H and O–H groups in total. The Morgan fingerprint density at radius 2 is 2.25 bits per heavy atom. The van der Waals surface area contributed by atoms with Crippen LogP contribution in [0.1, 0.15) is 17.2 Å². The van der Waals surface area contributed by atoms with Crippen molar-refractivity contribution in [2.75, 3.05) is 6.54 Å². The molecule has 0 spiro atoms. The number of aldehydes is 1. The van der Waals surface area contributed by atoms with Crippen LogP contribution in [0.15, 0.2) is 24.3 Å². The quantitative estimate of drug-likeness (QED) is 0.624. The van der Waals surface area contributed by atoms with E-state index in [1.165, 1.54) is 5.56 Å². The summed E-state index contributed by atoms with van der Waals surface area (Å²) in [6, 6.07) is 8.01. The second-order valence-corrected chi connectivity index (χ2v) is 3.02. The Morgan fingerprint density at radius 1 is 1.42 bits per heavy atom. The number of hydrogen-bond acceptors (Lipinski definition) is 2. The van der Waals surface area contributed by atoms with Crippen molar-refractivity contribution in [3.8, 4) is 0 Å². The molecule has 2 nitrogen and oxygen atoms in total. The lowest BCUT2D eigenvalue weighted by Gasteiger charge is -2.22. The van der Waals surface area contributed by atoms with Gasteiger partial charge in [0.1, 0.15) is 6.29 Å². The first-order valence-corrected chi connectivity index (χ1v) is 4.18. The van der Waals surface area contributed by atoms with Crippen LogP contribution < -0.4 is 5.32 Å². The molecule has 0 unspecified atom stereocenters. The number of rotatable bonds is 1. The van der Waals surface area contributed by atoms with Gasteiger partial charge in [-0.25, -0.2) is 0 Å². The molecule has 0 saturated heterocycles. The van der Waals surface area contributed by atoms with Crippen LogP contribution in [-0.2, 0) is 11.2 Å². The summed E-state index contributed by atoms with van der Waals surface area (Å²) in [5.41, 5.74) is 2.44. The van der Waals surface area contributed by atoms with Gasteiger partial charge in [-0.1, -0.05) is 24.3 Å². The van der Waals surface area contributed by atoms with Crippen molar-refractivity contribution >= 4 is 6.29 Å². The first kappa shape index (κ1) is 7.50. The van der Waals surface area contributed by atoms with E-state index < -0.39 is 0 Å². The van der Waals surface area contributed by atoms with E-state index in [0.717, 1.165) is 24.8 Å². The number of nitrogens with one attached hydrogen (secondary N) is 1. The molecule has 0 radical (unpaired) electrons. The van der Waals surface area contributed by atoms with Gasteiger partial charge in [-0.3, -0.25) is 0 Å². The highest BCUT2D eigenvalue weighted by molar-refractivity contribution is 5.63. The Hall–Kier alpha value is -1.15. The van der Waals surface area contributed by atoms with Crippen molar-refractivity contribution in [2.24, 2.45) is 0 Å². The van der Waals surface area contributed by atoms with Gasteiger partial charge in [0.2, 0.25) is 0 Å². The summed E-state index contributed by atoms with van der Waals surface area (Å²) in [5.74, 6) is 0. The van der Waals surface area contributed by atoms with Crippen molar-refractivity contribution in [1.29, 1.82) is 0 Å². The van der Waals surface area contributed by atoms with Crippen molar-refractivity contribution in [1.82, 2.24) is 5.32 Å². The van der Waals surface area contributed by atoms with Crippen molar-refractivity contribution in [3.05, 3.63) is 35.4 Å². The standard InChI is InChI=1S/C10H11NO/c12-7-10-9-4-2-1-3-8(9)5-6-11-10/h1-4,7,10-11H,5-6H2/t10-/m1/s1. The number of fused-ring (bicyclic) bond motifs is 1. The minimum atomic E-state index is -0.0880. The molecule has 1 aliphatic heterocycles. The number of benzene rings is 1. The molecule has 1 aliphatic rings. The van der Waals surface area contributed by atoms with Gasteiger partial charge in [0.05, 0.1) is 6.04 Å². The van der Waals surface area contributed by atoms with Gasteiger partial charge in [0.25, 0.3) is 0 Å². The second kappa shape index (κ2) is 3.07. The van der Waals surface area contributed by atoms with Gasteiger partial charge in [0.15, 0.2) is 0 Å². The molecule has 1 atom stereocenters. The smallest absolute Gasteiger partial charge is 0.141 e. The first-order chi connectivity index (χ1) is 5.92. The van der Waals surface area contributed by atoms with Crippen LogP contribution >= 0.6 is 0 Å². The van der Waals surface area contributed by atoms with Gasteiger partial charge in [-0.05, 0) is 17.5 Å². The van der Waals surface area contributed by atoms with Crippen LogP contribution in [0.5, 0.6) is 0 Å². The van der Waals surface area contributed by atoms with E-state index in [4.69, 9.17) is 0 Å². The third-order valence-electron chi connectivity index (χ3n) is 2.28. The van der Waals surface area contributed by atoms with E-state index in [2.05, 4.69) is 11.4 Å². The topological polar surface area (TPSA) is 29.1 Å². The molecular weight excluding hydrogens is 150 g/mol. The van der Waals surface area contributed by atoms with E-state index in [9.17, 15) is 4.79 Å². The summed E-state index contributed by atoms with van der Waals surface area (Å²) in [6.07, 6.45) is 2.00. The lowest BCUT2D eigenvalue weighted by molar-refractivity contribution is -0.109. The lowest BCUT2D eigenvalue weighted by atomic mass is 9.95. The average molecular weight is 161 g/mol. The molecule has 2 heteroatoms. The van der Waals surface area contributed by atoms with Crippen LogP contribution in [0.3, 0.4) is 0 Å². The molecule has 0 bridgehead atoms. The molecule has 0 aromatic heterocycles. The van der Waals surface area contributed by atoms with E-state index >= 15 is 0 Å². The zero-order valence-electron chi connectivity index (χ0n) is 6.79. The third kappa shape index (κ3) is 1.14. The van der Waals surface area contributed by atoms with Gasteiger partial charge < -0.3 is 10.1 Å². The minimum Gasteiger partial charge on any atom is -0.304 e. The molecule has 0 amide bonds. The van der Waals surface area contributed by atoms with E-state index in [1.54, 1.807) is 0 Å². The highest BCUT2D eigenvalue weighted by Crippen LogP contribution is 2.20. The van der Waals surface area contributed by atoms with Crippen LogP contribution in [0, 0.1) is 0 Å². The van der Waals surface area contributed by atoms with Crippen LogP contribution in [0.25, 0.3) is 0 Å². The lowest BCUT2D eigenvalue weighted by Crippen LogP contribution is -2.30. The highest BCUT2D eigenvalue weighted by Gasteiger charge is 2.17. The largest absolute Gasteiger partial charge is 0.304 e. The van der Waals surface area contributed by atoms with Crippen molar-refractivity contribution < 1.29 is 4.79 Å². The first-order valence-electron chi connectivity index (χ1n) is 4.18. The van der Waals surface area contributed by atoms with Gasteiger partial charge in [-0.2, -0.15) is 0 Å². The summed E-state index contributed by atoms with van der Waals surface area (Å²) in [7, 11) is 0. The maximum Gasteiger partial charge on any atom is 0.141 e. The molecule has 62 valence electrons. The molecule has 0 fully saturated rings. The Morgan fingerprint density at radius 3 is 3.08 bits per heavy atom. The minimum absolute atomic E-state index is 0.0880. The Balaban J connectivity index is 2.43. The van der Waals surface area contributed by atoms with Gasteiger partial charge in [-0.15, -0.1) is 0 Å².